The minimum atomic E-state index is -0.0329. The number of hydrogen-bond donors (Lipinski definition) is 0. The molecule has 6 aromatic carbocycles. The van der Waals surface area contributed by atoms with Gasteiger partial charge in [-0.15, -0.1) is 48.1 Å². The zero-order chi connectivity index (χ0) is 40.9. The fourth-order valence-corrected chi connectivity index (χ4v) is 8.27. The van der Waals surface area contributed by atoms with Gasteiger partial charge >= 0.3 is 0 Å². The van der Waals surface area contributed by atoms with E-state index < -0.39 is 0 Å². The van der Waals surface area contributed by atoms with E-state index in [1.165, 1.54) is 11.1 Å². The average Bonchev–Trinajstić information content (AvgIpc) is 3.86. The first-order valence-corrected chi connectivity index (χ1v) is 20.3. The van der Waals surface area contributed by atoms with Crippen LogP contribution in [0.1, 0.15) is 52.7 Å². The first kappa shape index (κ1) is 38.7. The number of benzene rings is 6. The summed E-state index contributed by atoms with van der Waals surface area (Å²) in [5.74, 6) is 5.03. The van der Waals surface area contributed by atoms with Crippen molar-refractivity contribution < 1.29 is 35.3 Å². The molecule has 0 amide bonds. The predicted octanol–water partition coefficient (Wildman–Crippen LogP) is 13.8. The summed E-state index contributed by atoms with van der Waals surface area (Å²) in [6.45, 7) is 15.4. The number of nitrogens with zero attached hydrogens (tertiary/aromatic N) is 5. The molecule has 11 rings (SSSR count). The van der Waals surface area contributed by atoms with Gasteiger partial charge in [0.05, 0.1) is 11.4 Å². The number of ether oxygens (including phenoxy) is 3. The molecular formula is C52H42N5O3Pt-3. The van der Waals surface area contributed by atoms with Crippen molar-refractivity contribution >= 4 is 50.2 Å². The van der Waals surface area contributed by atoms with Crippen LogP contribution in [0.15, 0.2) is 140 Å². The molecule has 2 aromatic heterocycles. The number of aromatic nitrogens is 2. The minimum Gasteiger partial charge on any atom is -0.509 e. The van der Waals surface area contributed by atoms with Crippen LogP contribution in [0.25, 0.3) is 27.6 Å². The number of anilines is 5. The monoisotopic (exact) mass is 979 g/mol. The van der Waals surface area contributed by atoms with Crippen molar-refractivity contribution in [1.82, 2.24) is 9.55 Å². The summed E-state index contributed by atoms with van der Waals surface area (Å²) in [5.41, 5.74) is 8.98. The van der Waals surface area contributed by atoms with Crippen LogP contribution < -0.4 is 28.9 Å². The predicted molar refractivity (Wildman–Crippen MR) is 240 cm³/mol. The summed E-state index contributed by atoms with van der Waals surface area (Å²) >= 11 is 0. The summed E-state index contributed by atoms with van der Waals surface area (Å²) < 4.78 is 21.8. The molecule has 0 saturated carbocycles. The molecule has 306 valence electrons. The topological polar surface area (TPSA) is 55.2 Å². The molecule has 0 aliphatic carbocycles. The van der Waals surface area contributed by atoms with E-state index in [2.05, 4.69) is 124 Å². The SMILES string of the molecule is CC(C)(C)c1ccnc(-n2c3[c-]c(Oc4[c-]c(N5C=CN(c6cc7c8c(c6)Oc6ccccc6N8c6ccccc6O7)[CH-]5)ccc4)ccc3c3cc(C(C)(C)C)ccc32)c1.[Pt]. The van der Waals surface area contributed by atoms with Crippen molar-refractivity contribution in [3.05, 3.63) is 170 Å². The second kappa shape index (κ2) is 14.3. The zero-order valence-corrected chi connectivity index (χ0v) is 36.9. The van der Waals surface area contributed by atoms with Gasteiger partial charge in [-0.1, -0.05) is 83.5 Å². The quantitative estimate of drug-likeness (QED) is 0.159. The Morgan fingerprint density at radius 2 is 1.26 bits per heavy atom. The average molecular weight is 980 g/mol. The van der Waals surface area contributed by atoms with Crippen LogP contribution in [0.2, 0.25) is 0 Å². The molecule has 0 fully saturated rings. The molecule has 0 saturated heterocycles. The molecule has 3 aliphatic rings. The van der Waals surface area contributed by atoms with Crippen LogP contribution in [-0.4, -0.2) is 9.55 Å². The molecule has 0 bridgehead atoms. The van der Waals surface area contributed by atoms with Crippen molar-refractivity contribution in [2.45, 2.75) is 52.4 Å². The van der Waals surface area contributed by atoms with E-state index >= 15 is 0 Å². The summed E-state index contributed by atoms with van der Waals surface area (Å²) in [5, 5.41) is 2.25. The maximum Gasteiger partial charge on any atom is 0.157 e. The van der Waals surface area contributed by atoms with E-state index in [1.807, 2.05) is 95.7 Å². The maximum atomic E-state index is 6.55. The van der Waals surface area contributed by atoms with Gasteiger partial charge in [0, 0.05) is 62.1 Å². The molecule has 61 heavy (non-hydrogen) atoms. The first-order chi connectivity index (χ1) is 29.0. The number of pyridine rings is 1. The number of rotatable bonds is 5. The van der Waals surface area contributed by atoms with Crippen molar-refractivity contribution in [3.8, 4) is 40.3 Å². The summed E-state index contributed by atoms with van der Waals surface area (Å²) in [6.07, 6.45) is 5.91. The number of para-hydroxylation sites is 4. The molecule has 0 unspecified atom stereocenters. The Morgan fingerprint density at radius 3 is 1.97 bits per heavy atom. The molecule has 0 radical (unpaired) electrons. The summed E-state index contributed by atoms with van der Waals surface area (Å²) in [4.78, 5) is 11.2. The van der Waals surface area contributed by atoms with E-state index in [9.17, 15) is 0 Å². The summed E-state index contributed by atoms with van der Waals surface area (Å²) in [7, 11) is 0. The number of fused-ring (bicyclic) bond motifs is 7. The van der Waals surface area contributed by atoms with E-state index in [0.29, 0.717) is 11.5 Å². The first-order valence-electron chi connectivity index (χ1n) is 20.3. The zero-order valence-electron chi connectivity index (χ0n) is 34.6. The van der Waals surface area contributed by atoms with Crippen LogP contribution >= 0.6 is 0 Å². The van der Waals surface area contributed by atoms with Gasteiger partial charge in [-0.2, -0.15) is 12.1 Å². The normalized spacial score (nSPS) is 14.0. The van der Waals surface area contributed by atoms with Gasteiger partial charge in [0.2, 0.25) is 0 Å². The van der Waals surface area contributed by atoms with Crippen molar-refractivity contribution in [3.63, 3.8) is 0 Å². The van der Waals surface area contributed by atoms with Crippen molar-refractivity contribution in [1.29, 1.82) is 0 Å². The van der Waals surface area contributed by atoms with E-state index in [4.69, 9.17) is 19.2 Å². The Hall–Kier alpha value is -6.50. The van der Waals surface area contributed by atoms with Gasteiger partial charge < -0.3 is 28.6 Å². The Kier molecular flexibility index (Phi) is 9.08. The Bertz CT molecular complexity index is 3000. The third-order valence-corrected chi connectivity index (χ3v) is 11.4. The fraction of sp³-hybridized carbons (Fsp3) is 0.154. The molecule has 9 heteroatoms. The van der Waals surface area contributed by atoms with Crippen molar-refractivity contribution in [2.75, 3.05) is 14.7 Å². The Morgan fingerprint density at radius 1 is 0.607 bits per heavy atom. The summed E-state index contributed by atoms with van der Waals surface area (Å²) in [6, 6.07) is 48.5. The van der Waals surface area contributed by atoms with Crippen molar-refractivity contribution in [2.24, 2.45) is 0 Å². The largest absolute Gasteiger partial charge is 0.509 e. The van der Waals surface area contributed by atoms with Crippen LogP contribution in [0.3, 0.4) is 0 Å². The molecule has 8 aromatic rings. The van der Waals surface area contributed by atoms with Crippen LogP contribution in [-0.2, 0) is 31.9 Å². The molecule has 0 N–H and O–H groups in total. The molecular weight excluding hydrogens is 938 g/mol. The van der Waals surface area contributed by atoms with Gasteiger partial charge in [-0.3, -0.25) is 4.90 Å². The van der Waals surface area contributed by atoms with Gasteiger partial charge in [0.15, 0.2) is 23.0 Å². The van der Waals surface area contributed by atoms with E-state index in [0.717, 1.165) is 79.1 Å². The molecule has 8 nitrogen and oxygen atoms in total. The van der Waals surface area contributed by atoms with Gasteiger partial charge in [0.1, 0.15) is 11.5 Å². The van der Waals surface area contributed by atoms with Crippen LogP contribution in [0.5, 0.6) is 34.5 Å². The van der Waals surface area contributed by atoms with E-state index in [1.54, 1.807) is 0 Å². The molecule has 0 atom stereocenters. The van der Waals surface area contributed by atoms with Gasteiger partial charge in [-0.05, 0) is 82.2 Å². The third kappa shape index (κ3) is 6.61. The minimum absolute atomic E-state index is 0. The molecule has 3 aliphatic heterocycles. The van der Waals surface area contributed by atoms with Crippen LogP contribution in [0.4, 0.5) is 28.4 Å². The van der Waals surface area contributed by atoms with Gasteiger partial charge in [0.25, 0.3) is 0 Å². The number of hydrogen-bond acceptors (Lipinski definition) is 7. The second-order valence-electron chi connectivity index (χ2n) is 17.6. The van der Waals surface area contributed by atoms with E-state index in [-0.39, 0.29) is 31.9 Å². The Balaban J connectivity index is 0.00000445. The molecule has 0 spiro atoms. The third-order valence-electron chi connectivity index (χ3n) is 11.4. The Labute approximate surface area is 370 Å². The van der Waals surface area contributed by atoms with Gasteiger partial charge in [-0.25, -0.2) is 4.98 Å². The fourth-order valence-electron chi connectivity index (χ4n) is 8.27. The maximum absolute atomic E-state index is 6.55. The van der Waals surface area contributed by atoms with Crippen LogP contribution in [0, 0.1) is 18.8 Å². The second-order valence-corrected chi connectivity index (χ2v) is 17.6. The molecule has 5 heterocycles. The standard InChI is InChI=1S/C52H42N5O3.Pt/c1-51(2,3)33-18-21-41-40(26-33)39-20-19-38(31-44(39)56(41)49-27-34(22-23-53-49)52(4,5)6)58-37-13-11-12-35(28-37)54-24-25-55(32-54)36-29-47-50-48(30-36)60-46-17-10-8-15-43(46)57(50)42-14-7-9-16-45(42)59-47;/h7-27,29-30,32H,1-6H3;/q-3;. The smallest absolute Gasteiger partial charge is 0.157 e.